The van der Waals surface area contributed by atoms with E-state index in [1.807, 2.05) is 66.7 Å². The zero-order valence-corrected chi connectivity index (χ0v) is 13.8. The molecular weight excluding hydrogens is 326 g/mol. The Morgan fingerprint density at radius 1 is 0.962 bits per heavy atom. The molecular formula is C21H15N3O2. The van der Waals surface area contributed by atoms with Gasteiger partial charge in [0.25, 0.3) is 0 Å². The van der Waals surface area contributed by atoms with Crippen molar-refractivity contribution in [1.82, 2.24) is 10.2 Å². The highest BCUT2D eigenvalue weighted by Crippen LogP contribution is 2.44. The molecule has 0 radical (unpaired) electrons. The maximum Gasteiger partial charge on any atom is 0.236 e. The Kier molecular flexibility index (Phi) is 3.25. The number of H-pyrrole nitrogens is 1. The van der Waals surface area contributed by atoms with E-state index in [2.05, 4.69) is 15.5 Å². The smallest absolute Gasteiger partial charge is 0.236 e. The molecule has 0 atom stereocenters. The Hall–Kier alpha value is -3.60. The van der Waals surface area contributed by atoms with Crippen molar-refractivity contribution in [2.75, 3.05) is 5.32 Å². The first-order valence-corrected chi connectivity index (χ1v) is 8.39. The van der Waals surface area contributed by atoms with Gasteiger partial charge in [-0.2, -0.15) is 5.10 Å². The third-order valence-corrected chi connectivity index (χ3v) is 4.65. The van der Waals surface area contributed by atoms with Gasteiger partial charge >= 0.3 is 0 Å². The first-order valence-electron chi connectivity index (χ1n) is 8.39. The Balaban J connectivity index is 1.55. The molecule has 4 aromatic rings. The second-order valence-electron chi connectivity index (χ2n) is 6.27. The molecule has 2 heterocycles. The minimum atomic E-state index is -0.423. The van der Waals surface area contributed by atoms with Crippen LogP contribution in [0.4, 0.5) is 5.69 Å². The average molecular weight is 341 g/mol. The number of rotatable bonds is 2. The molecule has 0 aliphatic carbocycles. The van der Waals surface area contributed by atoms with Gasteiger partial charge in [0.2, 0.25) is 5.91 Å². The predicted molar refractivity (Wildman–Crippen MR) is 99.5 cm³/mol. The van der Waals surface area contributed by atoms with Gasteiger partial charge in [0.05, 0.1) is 17.6 Å². The Morgan fingerprint density at radius 3 is 2.38 bits per heavy atom. The Bertz CT molecular complexity index is 1090. The van der Waals surface area contributed by atoms with Crippen LogP contribution in [0.15, 0.2) is 72.9 Å². The largest absolute Gasteiger partial charge is 0.457 e. The number of anilines is 1. The van der Waals surface area contributed by atoms with Crippen LogP contribution in [0, 0.1) is 0 Å². The van der Waals surface area contributed by atoms with E-state index >= 15 is 0 Å². The lowest BCUT2D eigenvalue weighted by atomic mass is 9.87. The van der Waals surface area contributed by atoms with Crippen LogP contribution in [0.25, 0.3) is 10.9 Å². The highest BCUT2D eigenvalue weighted by atomic mass is 16.5. The third kappa shape index (κ3) is 2.33. The summed E-state index contributed by atoms with van der Waals surface area (Å²) in [6.07, 6.45) is 1.76. The molecule has 0 fully saturated rings. The minimum Gasteiger partial charge on any atom is -0.457 e. The van der Waals surface area contributed by atoms with E-state index in [-0.39, 0.29) is 5.91 Å². The van der Waals surface area contributed by atoms with Crippen molar-refractivity contribution in [1.29, 1.82) is 0 Å². The molecule has 0 bridgehead atoms. The van der Waals surface area contributed by atoms with Gasteiger partial charge in [-0.3, -0.25) is 9.89 Å². The van der Waals surface area contributed by atoms with E-state index in [1.54, 1.807) is 6.20 Å². The molecule has 5 rings (SSSR count). The molecule has 2 N–H and O–H groups in total. The van der Waals surface area contributed by atoms with Gasteiger partial charge in [0, 0.05) is 22.2 Å². The van der Waals surface area contributed by atoms with Crippen molar-refractivity contribution in [3.8, 4) is 11.5 Å². The molecule has 5 heteroatoms. The molecule has 0 saturated carbocycles. The van der Waals surface area contributed by atoms with Crippen molar-refractivity contribution in [2.45, 2.75) is 5.92 Å². The lowest BCUT2D eigenvalue weighted by Crippen LogP contribution is -2.25. The summed E-state index contributed by atoms with van der Waals surface area (Å²) in [6, 6.07) is 21.0. The number of para-hydroxylation sites is 2. The number of hydrogen-bond donors (Lipinski definition) is 2. The molecule has 26 heavy (non-hydrogen) atoms. The lowest BCUT2D eigenvalue weighted by Gasteiger charge is -2.27. The molecule has 3 aromatic carbocycles. The van der Waals surface area contributed by atoms with Gasteiger partial charge in [-0.25, -0.2) is 0 Å². The van der Waals surface area contributed by atoms with Crippen LogP contribution < -0.4 is 10.1 Å². The second-order valence-corrected chi connectivity index (χ2v) is 6.27. The maximum atomic E-state index is 13.2. The van der Waals surface area contributed by atoms with Gasteiger partial charge in [-0.1, -0.05) is 36.4 Å². The van der Waals surface area contributed by atoms with Gasteiger partial charge in [-0.15, -0.1) is 0 Å². The third-order valence-electron chi connectivity index (χ3n) is 4.65. The van der Waals surface area contributed by atoms with Crippen LogP contribution in [0.3, 0.4) is 0 Å². The summed E-state index contributed by atoms with van der Waals surface area (Å²) in [5, 5.41) is 11.0. The standard InChI is InChI=1S/C21H15N3O2/c25-21(23-14-10-9-13-12-22-24-17(13)11-14)20-15-5-1-3-7-18(15)26-19-8-4-2-6-16(19)20/h1-12,20H,(H,22,24)(H,23,25). The number of hydrogen-bond acceptors (Lipinski definition) is 3. The van der Waals surface area contributed by atoms with Crippen LogP contribution in [0.5, 0.6) is 11.5 Å². The monoisotopic (exact) mass is 341 g/mol. The summed E-state index contributed by atoms with van der Waals surface area (Å²) in [5.74, 6) is 0.923. The van der Waals surface area contributed by atoms with Gasteiger partial charge in [0.1, 0.15) is 11.5 Å². The number of nitrogens with one attached hydrogen (secondary N) is 2. The Morgan fingerprint density at radius 2 is 1.65 bits per heavy atom. The summed E-state index contributed by atoms with van der Waals surface area (Å²) < 4.78 is 5.96. The number of amides is 1. The zero-order chi connectivity index (χ0) is 17.5. The number of aromatic amines is 1. The van der Waals surface area contributed by atoms with Crippen molar-refractivity contribution in [2.24, 2.45) is 0 Å². The van der Waals surface area contributed by atoms with E-state index in [9.17, 15) is 4.79 Å². The fraction of sp³-hybridized carbons (Fsp3) is 0.0476. The van der Waals surface area contributed by atoms with Crippen LogP contribution in [-0.4, -0.2) is 16.1 Å². The number of fused-ring (bicyclic) bond motifs is 3. The molecule has 126 valence electrons. The quantitative estimate of drug-likeness (QED) is 0.566. The molecule has 1 amide bonds. The van der Waals surface area contributed by atoms with Crippen molar-refractivity contribution in [3.63, 3.8) is 0 Å². The lowest BCUT2D eigenvalue weighted by molar-refractivity contribution is -0.116. The summed E-state index contributed by atoms with van der Waals surface area (Å²) in [5.41, 5.74) is 3.35. The fourth-order valence-corrected chi connectivity index (χ4v) is 3.42. The van der Waals surface area contributed by atoms with Crippen molar-refractivity contribution in [3.05, 3.63) is 84.1 Å². The summed E-state index contributed by atoms with van der Waals surface area (Å²) >= 11 is 0. The summed E-state index contributed by atoms with van der Waals surface area (Å²) in [7, 11) is 0. The van der Waals surface area contributed by atoms with E-state index in [0.717, 1.165) is 39.2 Å². The number of benzene rings is 3. The highest BCUT2D eigenvalue weighted by Gasteiger charge is 2.32. The topological polar surface area (TPSA) is 67.0 Å². The normalized spacial score (nSPS) is 12.9. The summed E-state index contributed by atoms with van der Waals surface area (Å²) in [4.78, 5) is 13.2. The van der Waals surface area contributed by atoms with E-state index in [1.165, 1.54) is 0 Å². The highest BCUT2D eigenvalue weighted by molar-refractivity contribution is 6.00. The SMILES string of the molecule is O=C(Nc1ccc2cn[nH]c2c1)C1c2ccccc2Oc2ccccc21. The van der Waals surface area contributed by atoms with Crippen molar-refractivity contribution < 1.29 is 9.53 Å². The number of nitrogens with zero attached hydrogens (tertiary/aromatic N) is 1. The number of carbonyl (C=O) groups excluding carboxylic acids is 1. The molecule has 1 aromatic heterocycles. The number of carbonyl (C=O) groups is 1. The molecule has 5 nitrogen and oxygen atoms in total. The van der Waals surface area contributed by atoms with E-state index in [4.69, 9.17) is 4.74 Å². The molecule has 1 aliphatic heterocycles. The summed E-state index contributed by atoms with van der Waals surface area (Å²) in [6.45, 7) is 0. The molecule has 0 unspecified atom stereocenters. The molecule has 0 saturated heterocycles. The van der Waals surface area contributed by atoms with Gasteiger partial charge < -0.3 is 10.1 Å². The van der Waals surface area contributed by atoms with E-state index in [0.29, 0.717) is 0 Å². The van der Waals surface area contributed by atoms with Gasteiger partial charge in [0.15, 0.2) is 0 Å². The second kappa shape index (κ2) is 5.74. The van der Waals surface area contributed by atoms with Crippen LogP contribution >= 0.6 is 0 Å². The van der Waals surface area contributed by atoms with Crippen LogP contribution in [-0.2, 0) is 4.79 Å². The fourth-order valence-electron chi connectivity index (χ4n) is 3.42. The van der Waals surface area contributed by atoms with Crippen molar-refractivity contribution >= 4 is 22.5 Å². The maximum absolute atomic E-state index is 13.2. The number of ether oxygens (including phenoxy) is 1. The zero-order valence-electron chi connectivity index (χ0n) is 13.8. The van der Waals surface area contributed by atoms with Gasteiger partial charge in [-0.05, 0) is 30.3 Å². The first-order chi connectivity index (χ1) is 12.8. The predicted octanol–water partition coefficient (Wildman–Crippen LogP) is 4.44. The Labute approximate surface area is 149 Å². The minimum absolute atomic E-state index is 0.0907. The van der Waals surface area contributed by atoms with Crippen LogP contribution in [0.2, 0.25) is 0 Å². The van der Waals surface area contributed by atoms with E-state index < -0.39 is 5.92 Å². The molecule has 1 aliphatic rings. The first kappa shape index (κ1) is 14.7. The molecule has 0 spiro atoms. The van der Waals surface area contributed by atoms with Crippen LogP contribution in [0.1, 0.15) is 17.0 Å². The number of aromatic nitrogens is 2. The average Bonchev–Trinajstić information content (AvgIpc) is 3.13.